The molecule has 1 amide bonds. The number of aromatic nitrogens is 3. The highest BCUT2D eigenvalue weighted by molar-refractivity contribution is 5.84. The predicted octanol–water partition coefficient (Wildman–Crippen LogP) is 2.04. The first-order valence-corrected chi connectivity index (χ1v) is 9.82. The minimum absolute atomic E-state index is 0.0599. The topological polar surface area (TPSA) is 100 Å². The van der Waals surface area contributed by atoms with E-state index in [9.17, 15) is 19.1 Å². The summed E-state index contributed by atoms with van der Waals surface area (Å²) in [7, 11) is 0. The average Bonchev–Trinajstić information content (AvgIpc) is 3.27. The van der Waals surface area contributed by atoms with E-state index >= 15 is 0 Å². The molecule has 1 aliphatic carbocycles. The molecule has 0 spiro atoms. The molecule has 5 rings (SSSR count). The van der Waals surface area contributed by atoms with E-state index < -0.39 is 23.0 Å². The van der Waals surface area contributed by atoms with Gasteiger partial charge < -0.3 is 15.4 Å². The minimum Gasteiger partial charge on any atom is -0.383 e. The van der Waals surface area contributed by atoms with Gasteiger partial charge in [-0.2, -0.15) is 5.10 Å². The molecular formula is C21H21FN4O3. The van der Waals surface area contributed by atoms with E-state index in [1.54, 1.807) is 22.9 Å². The normalized spacial score (nSPS) is 26.1. The number of aliphatic hydroxyl groups is 1. The second-order valence-corrected chi connectivity index (χ2v) is 7.92. The number of aromatic amines is 1. The third kappa shape index (κ3) is 2.62. The zero-order chi connectivity index (χ0) is 20.3. The van der Waals surface area contributed by atoms with Gasteiger partial charge in [0.1, 0.15) is 11.4 Å². The van der Waals surface area contributed by atoms with E-state index in [2.05, 4.69) is 15.4 Å². The summed E-state index contributed by atoms with van der Waals surface area (Å²) in [4.78, 5) is 27.6. The van der Waals surface area contributed by atoms with Crippen molar-refractivity contribution < 1.29 is 14.3 Å². The number of rotatable bonds is 3. The van der Waals surface area contributed by atoms with Crippen molar-refractivity contribution in [2.45, 2.75) is 44.4 Å². The molecule has 0 radical (unpaired) electrons. The largest absolute Gasteiger partial charge is 0.383 e. The van der Waals surface area contributed by atoms with Gasteiger partial charge in [0, 0.05) is 23.7 Å². The lowest BCUT2D eigenvalue weighted by Crippen LogP contribution is -2.49. The summed E-state index contributed by atoms with van der Waals surface area (Å²) >= 11 is 0. The molecule has 3 N–H and O–H groups in total. The van der Waals surface area contributed by atoms with Crippen molar-refractivity contribution in [2.75, 3.05) is 0 Å². The molecular weight excluding hydrogens is 375 g/mol. The Balaban J connectivity index is 1.56. The number of carbonyl (C=O) groups excluding carboxylic acids is 1. The van der Waals surface area contributed by atoms with Crippen LogP contribution in [0.3, 0.4) is 0 Å². The Morgan fingerprint density at radius 2 is 2.17 bits per heavy atom. The number of nitrogens with one attached hydrogen (secondary N) is 2. The number of fused-ring (bicyclic) bond motifs is 3. The van der Waals surface area contributed by atoms with Crippen LogP contribution in [0.2, 0.25) is 0 Å². The summed E-state index contributed by atoms with van der Waals surface area (Å²) in [5.74, 6) is -0.556. The van der Waals surface area contributed by atoms with Crippen LogP contribution in [0.1, 0.15) is 31.7 Å². The molecule has 2 aliphatic rings. The highest BCUT2D eigenvalue weighted by Crippen LogP contribution is 2.42. The van der Waals surface area contributed by atoms with E-state index in [-0.39, 0.29) is 17.4 Å². The molecule has 1 saturated heterocycles. The molecule has 3 aromatic rings. The maximum atomic E-state index is 14.5. The molecule has 1 aliphatic heterocycles. The van der Waals surface area contributed by atoms with Crippen LogP contribution in [0.15, 0.2) is 35.3 Å². The zero-order valence-corrected chi connectivity index (χ0v) is 15.9. The predicted molar refractivity (Wildman–Crippen MR) is 105 cm³/mol. The van der Waals surface area contributed by atoms with Crippen LogP contribution in [-0.4, -0.2) is 31.8 Å². The maximum Gasteiger partial charge on any atom is 0.254 e. The van der Waals surface area contributed by atoms with Crippen molar-refractivity contribution in [2.24, 2.45) is 5.92 Å². The van der Waals surface area contributed by atoms with Crippen molar-refractivity contribution in [3.63, 3.8) is 0 Å². The van der Waals surface area contributed by atoms with Gasteiger partial charge in [-0.05, 0) is 50.5 Å². The quantitative estimate of drug-likeness (QED) is 0.631. The fraction of sp³-hybridized carbons (Fsp3) is 0.381. The maximum absolute atomic E-state index is 14.5. The van der Waals surface area contributed by atoms with Gasteiger partial charge in [0.2, 0.25) is 5.91 Å². The first kappa shape index (κ1) is 18.1. The van der Waals surface area contributed by atoms with E-state index in [4.69, 9.17) is 0 Å². The second kappa shape index (κ2) is 6.25. The molecule has 3 atom stereocenters. The van der Waals surface area contributed by atoms with Crippen LogP contribution < -0.4 is 10.9 Å². The van der Waals surface area contributed by atoms with Gasteiger partial charge in [-0.3, -0.25) is 14.3 Å². The molecule has 2 fully saturated rings. The van der Waals surface area contributed by atoms with Gasteiger partial charge >= 0.3 is 0 Å². The Bertz CT molecular complexity index is 1200. The molecule has 29 heavy (non-hydrogen) atoms. The van der Waals surface area contributed by atoms with Crippen LogP contribution in [0.25, 0.3) is 22.2 Å². The van der Waals surface area contributed by atoms with E-state index in [0.29, 0.717) is 48.0 Å². The van der Waals surface area contributed by atoms with E-state index in [1.807, 2.05) is 6.92 Å². The number of amides is 1. The van der Waals surface area contributed by atoms with Crippen LogP contribution in [0.4, 0.5) is 4.39 Å². The van der Waals surface area contributed by atoms with Gasteiger partial charge in [0.25, 0.3) is 5.56 Å². The Morgan fingerprint density at radius 3 is 2.93 bits per heavy atom. The lowest BCUT2D eigenvalue weighted by molar-refractivity contribution is -0.122. The molecule has 1 saturated carbocycles. The summed E-state index contributed by atoms with van der Waals surface area (Å²) in [6.45, 7) is 2.52. The molecule has 8 heteroatoms. The highest BCUT2D eigenvalue weighted by Gasteiger charge is 2.51. The molecule has 2 bridgehead atoms. The zero-order valence-electron chi connectivity index (χ0n) is 15.9. The van der Waals surface area contributed by atoms with Gasteiger partial charge in [0.05, 0.1) is 28.7 Å². The minimum atomic E-state index is -1.40. The number of hydrogen-bond acceptors (Lipinski definition) is 4. The summed E-state index contributed by atoms with van der Waals surface area (Å²) < 4.78 is 16.2. The number of hydrogen-bond donors (Lipinski definition) is 3. The summed E-state index contributed by atoms with van der Waals surface area (Å²) in [6, 6.07) is 5.94. The van der Waals surface area contributed by atoms with Gasteiger partial charge in [0.15, 0.2) is 0 Å². The lowest BCUT2D eigenvalue weighted by atomic mass is 9.74. The van der Waals surface area contributed by atoms with E-state index in [1.165, 1.54) is 12.3 Å². The Hall–Kier alpha value is -3.00. The van der Waals surface area contributed by atoms with Gasteiger partial charge in [-0.25, -0.2) is 4.39 Å². The second-order valence-electron chi connectivity index (χ2n) is 7.92. The molecule has 3 heterocycles. The summed E-state index contributed by atoms with van der Waals surface area (Å²) in [5, 5.41) is 18.6. The monoisotopic (exact) mass is 396 g/mol. The Morgan fingerprint density at radius 1 is 1.34 bits per heavy atom. The van der Waals surface area contributed by atoms with Crippen LogP contribution in [-0.2, 0) is 16.9 Å². The fourth-order valence-corrected chi connectivity index (χ4v) is 4.72. The number of carbonyl (C=O) groups is 1. The Labute approximate surface area is 165 Å². The summed E-state index contributed by atoms with van der Waals surface area (Å²) in [5.41, 5.74) is 0.0270. The van der Waals surface area contributed by atoms with Crippen molar-refractivity contribution in [1.82, 2.24) is 20.1 Å². The van der Waals surface area contributed by atoms with Crippen molar-refractivity contribution in [3.05, 3.63) is 52.2 Å². The number of benzene rings is 1. The number of nitrogens with zero attached hydrogens (tertiary/aromatic N) is 2. The van der Waals surface area contributed by atoms with E-state index in [0.717, 1.165) is 0 Å². The SMILES string of the molecule is CCn1ncc2c(F)cc(-c3ccc(C4(O)CCC5CC4NC5=O)c(=O)[nH]3)cc21. The molecule has 1 aromatic carbocycles. The first-order valence-electron chi connectivity index (χ1n) is 9.82. The summed E-state index contributed by atoms with van der Waals surface area (Å²) in [6.07, 6.45) is 2.91. The average molecular weight is 396 g/mol. The van der Waals surface area contributed by atoms with Crippen LogP contribution >= 0.6 is 0 Å². The molecule has 150 valence electrons. The number of pyridine rings is 1. The standard InChI is InChI=1S/C21H21FN4O3/c1-2-26-17-8-12(7-15(22)13(17)10-23-26)16-4-3-14(20(28)24-16)21(29)6-5-11-9-18(21)25-19(11)27/h3-4,7-8,10-11,18,29H,2,5-6,9H2,1H3,(H,24,28)(H,25,27). The van der Waals surface area contributed by atoms with Crippen molar-refractivity contribution in [3.8, 4) is 11.3 Å². The third-order valence-electron chi connectivity index (χ3n) is 6.36. The van der Waals surface area contributed by atoms with Crippen molar-refractivity contribution in [1.29, 1.82) is 0 Å². The first-order chi connectivity index (χ1) is 13.9. The number of aryl methyl sites for hydroxylation is 1. The van der Waals surface area contributed by atoms with Crippen LogP contribution in [0, 0.1) is 11.7 Å². The Kier molecular flexibility index (Phi) is 3.89. The van der Waals surface area contributed by atoms with Gasteiger partial charge in [-0.15, -0.1) is 0 Å². The number of halogens is 1. The molecule has 7 nitrogen and oxygen atoms in total. The van der Waals surface area contributed by atoms with Crippen LogP contribution in [0.5, 0.6) is 0 Å². The smallest absolute Gasteiger partial charge is 0.254 e. The highest BCUT2D eigenvalue weighted by atomic mass is 19.1. The molecule has 3 unspecified atom stereocenters. The van der Waals surface area contributed by atoms with Gasteiger partial charge in [-0.1, -0.05) is 0 Å². The molecule has 2 aromatic heterocycles. The third-order valence-corrected chi connectivity index (χ3v) is 6.36. The fourth-order valence-electron chi connectivity index (χ4n) is 4.72. The van der Waals surface area contributed by atoms with Crippen molar-refractivity contribution >= 4 is 16.8 Å². The number of H-pyrrole nitrogens is 1. The lowest BCUT2D eigenvalue weighted by Gasteiger charge is -2.36.